The molecule has 1 saturated heterocycles. The maximum absolute atomic E-state index is 13.0. The van der Waals surface area contributed by atoms with Crippen molar-refractivity contribution < 1.29 is 14.3 Å². The van der Waals surface area contributed by atoms with Gasteiger partial charge in [0.25, 0.3) is 0 Å². The van der Waals surface area contributed by atoms with Crippen LogP contribution in [0.2, 0.25) is 0 Å². The van der Waals surface area contributed by atoms with Crippen molar-refractivity contribution in [1.82, 2.24) is 4.90 Å². The van der Waals surface area contributed by atoms with Crippen LogP contribution in [0, 0.1) is 5.41 Å². The molecular weight excluding hydrogens is 266 g/mol. The average molecular weight is 291 g/mol. The number of carbonyl (C=O) groups is 1. The maximum Gasteiger partial charge on any atom is 0.180 e. The summed E-state index contributed by atoms with van der Waals surface area (Å²) in [5.41, 5.74) is 0.621. The summed E-state index contributed by atoms with van der Waals surface area (Å²) in [4.78, 5) is 15.2. The Morgan fingerprint density at radius 2 is 1.76 bits per heavy atom. The van der Waals surface area contributed by atoms with Crippen molar-refractivity contribution in [2.24, 2.45) is 5.41 Å². The van der Waals surface area contributed by atoms with Gasteiger partial charge in [-0.15, -0.1) is 0 Å². The molecule has 0 saturated carbocycles. The average Bonchev–Trinajstić information content (AvgIpc) is 2.47. The third kappa shape index (κ3) is 3.83. The van der Waals surface area contributed by atoms with Crippen molar-refractivity contribution in [1.29, 1.82) is 0 Å². The molecule has 4 nitrogen and oxygen atoms in total. The molecule has 1 aromatic rings. The van der Waals surface area contributed by atoms with Gasteiger partial charge in [0, 0.05) is 18.7 Å². The molecule has 0 spiro atoms. The number of hydrogen-bond acceptors (Lipinski definition) is 4. The molecule has 1 unspecified atom stereocenters. The summed E-state index contributed by atoms with van der Waals surface area (Å²) >= 11 is 0. The first-order chi connectivity index (χ1) is 9.93. The molecule has 0 aromatic heterocycles. The van der Waals surface area contributed by atoms with Crippen LogP contribution in [-0.4, -0.2) is 50.1 Å². The van der Waals surface area contributed by atoms with Crippen molar-refractivity contribution in [2.45, 2.75) is 26.8 Å². The first-order valence-corrected chi connectivity index (χ1v) is 7.43. The number of benzene rings is 1. The Bertz CT molecular complexity index is 470. The van der Waals surface area contributed by atoms with Crippen molar-refractivity contribution in [3.63, 3.8) is 0 Å². The van der Waals surface area contributed by atoms with Crippen molar-refractivity contribution in [3.8, 4) is 5.75 Å². The zero-order valence-corrected chi connectivity index (χ0v) is 13.4. The molecule has 116 valence electrons. The fourth-order valence-electron chi connectivity index (χ4n) is 2.86. The van der Waals surface area contributed by atoms with E-state index in [-0.39, 0.29) is 17.2 Å². The second-order valence-electron chi connectivity index (χ2n) is 6.51. The third-order valence-corrected chi connectivity index (χ3v) is 3.85. The summed E-state index contributed by atoms with van der Waals surface area (Å²) in [5.74, 6) is 0.942. The lowest BCUT2D eigenvalue weighted by molar-refractivity contribution is -0.00460. The fourth-order valence-corrected chi connectivity index (χ4v) is 2.86. The predicted octanol–water partition coefficient (Wildman–Crippen LogP) is 2.62. The zero-order valence-electron chi connectivity index (χ0n) is 13.4. The molecule has 4 heteroatoms. The molecule has 0 radical (unpaired) electrons. The molecule has 0 N–H and O–H groups in total. The standard InChI is InChI=1S/C17H25NO3/c1-17(2,3)16(18-9-11-21-12-10-18)15(19)13-5-7-14(20-4)8-6-13/h5-8,16H,9-12H2,1-4H3. The minimum Gasteiger partial charge on any atom is -0.497 e. The van der Waals surface area contributed by atoms with Gasteiger partial charge in [0.15, 0.2) is 5.78 Å². The minimum atomic E-state index is -0.130. The monoisotopic (exact) mass is 291 g/mol. The molecule has 1 fully saturated rings. The van der Waals surface area contributed by atoms with Crippen molar-refractivity contribution >= 4 is 5.78 Å². The maximum atomic E-state index is 13.0. The highest BCUT2D eigenvalue weighted by molar-refractivity contribution is 6.00. The van der Waals surface area contributed by atoms with E-state index in [0.717, 1.165) is 24.4 Å². The Morgan fingerprint density at radius 3 is 2.24 bits per heavy atom. The van der Waals surface area contributed by atoms with Gasteiger partial charge in [-0.05, 0) is 29.7 Å². The Kier molecular flexibility index (Phi) is 5.01. The molecule has 1 heterocycles. The molecule has 0 bridgehead atoms. The number of nitrogens with zero attached hydrogens (tertiary/aromatic N) is 1. The van der Waals surface area contributed by atoms with E-state index in [4.69, 9.17) is 9.47 Å². The van der Waals surface area contributed by atoms with E-state index < -0.39 is 0 Å². The summed E-state index contributed by atoms with van der Waals surface area (Å²) in [6.45, 7) is 9.37. The van der Waals surface area contributed by atoms with E-state index in [1.807, 2.05) is 24.3 Å². The lowest BCUT2D eigenvalue weighted by Gasteiger charge is -2.40. The third-order valence-electron chi connectivity index (χ3n) is 3.85. The molecule has 1 atom stereocenters. The quantitative estimate of drug-likeness (QED) is 0.799. The van der Waals surface area contributed by atoms with Gasteiger partial charge in [-0.25, -0.2) is 0 Å². The predicted molar refractivity (Wildman–Crippen MR) is 83.0 cm³/mol. The number of morpholine rings is 1. The van der Waals surface area contributed by atoms with Crippen molar-refractivity contribution in [3.05, 3.63) is 29.8 Å². The molecule has 1 aliphatic heterocycles. The van der Waals surface area contributed by atoms with Gasteiger partial charge in [0.2, 0.25) is 0 Å². The highest BCUT2D eigenvalue weighted by Crippen LogP contribution is 2.28. The first-order valence-electron chi connectivity index (χ1n) is 7.43. The fraction of sp³-hybridized carbons (Fsp3) is 0.588. The summed E-state index contributed by atoms with van der Waals surface area (Å²) in [6, 6.07) is 7.24. The van der Waals surface area contributed by atoms with E-state index in [1.165, 1.54) is 0 Å². The van der Waals surface area contributed by atoms with Gasteiger partial charge in [0.1, 0.15) is 5.75 Å². The molecule has 1 aromatic carbocycles. The molecule has 2 rings (SSSR count). The number of Topliss-reactive ketones (excluding diaryl/α,β-unsaturated/α-hetero) is 1. The first kappa shape index (κ1) is 16.0. The van der Waals surface area contributed by atoms with E-state index in [9.17, 15) is 4.79 Å². The SMILES string of the molecule is COc1ccc(C(=O)C(N2CCOCC2)C(C)(C)C)cc1. The van der Waals surface area contributed by atoms with Crippen LogP contribution in [0.1, 0.15) is 31.1 Å². The highest BCUT2D eigenvalue weighted by atomic mass is 16.5. The van der Waals surface area contributed by atoms with Gasteiger partial charge in [-0.2, -0.15) is 0 Å². The number of methoxy groups -OCH3 is 1. The molecule has 0 amide bonds. The van der Waals surface area contributed by atoms with Crippen LogP contribution in [0.5, 0.6) is 5.75 Å². The number of hydrogen-bond donors (Lipinski definition) is 0. The lowest BCUT2D eigenvalue weighted by Crippen LogP contribution is -2.53. The molecule has 0 aliphatic carbocycles. The lowest BCUT2D eigenvalue weighted by atomic mass is 9.81. The molecular formula is C17H25NO3. The number of rotatable bonds is 4. The van der Waals surface area contributed by atoms with Gasteiger partial charge in [-0.1, -0.05) is 20.8 Å². The van der Waals surface area contributed by atoms with Crippen LogP contribution in [0.25, 0.3) is 0 Å². The van der Waals surface area contributed by atoms with Gasteiger partial charge < -0.3 is 9.47 Å². The largest absolute Gasteiger partial charge is 0.497 e. The van der Waals surface area contributed by atoms with Crippen LogP contribution >= 0.6 is 0 Å². The highest BCUT2D eigenvalue weighted by Gasteiger charge is 2.37. The number of ether oxygens (including phenoxy) is 2. The molecule has 21 heavy (non-hydrogen) atoms. The minimum absolute atomic E-state index is 0.117. The Balaban J connectivity index is 2.24. The van der Waals surface area contributed by atoms with Crippen molar-refractivity contribution in [2.75, 3.05) is 33.4 Å². The summed E-state index contributed by atoms with van der Waals surface area (Å²) in [6.07, 6.45) is 0. The van der Waals surface area contributed by atoms with E-state index in [1.54, 1.807) is 7.11 Å². The zero-order chi connectivity index (χ0) is 15.5. The Hall–Kier alpha value is -1.39. The normalized spacial score (nSPS) is 18.3. The van der Waals surface area contributed by atoms with Crippen LogP contribution in [0.3, 0.4) is 0 Å². The number of ketones is 1. The van der Waals surface area contributed by atoms with Crippen LogP contribution in [-0.2, 0) is 4.74 Å². The Morgan fingerprint density at radius 1 is 1.19 bits per heavy atom. The van der Waals surface area contributed by atoms with E-state index in [0.29, 0.717) is 13.2 Å². The van der Waals surface area contributed by atoms with E-state index in [2.05, 4.69) is 25.7 Å². The summed E-state index contributed by atoms with van der Waals surface area (Å²) in [5, 5.41) is 0. The van der Waals surface area contributed by atoms with Gasteiger partial charge in [0.05, 0.1) is 26.4 Å². The molecule has 1 aliphatic rings. The summed E-state index contributed by atoms with van der Waals surface area (Å²) in [7, 11) is 1.63. The number of carbonyl (C=O) groups excluding carboxylic acids is 1. The second kappa shape index (κ2) is 6.58. The smallest absolute Gasteiger partial charge is 0.180 e. The van der Waals surface area contributed by atoms with Crippen LogP contribution in [0.4, 0.5) is 0 Å². The van der Waals surface area contributed by atoms with Crippen LogP contribution < -0.4 is 4.74 Å². The van der Waals surface area contributed by atoms with Gasteiger partial charge >= 0.3 is 0 Å². The summed E-state index contributed by atoms with van der Waals surface area (Å²) < 4.78 is 10.6. The topological polar surface area (TPSA) is 38.8 Å². The van der Waals surface area contributed by atoms with E-state index >= 15 is 0 Å². The Labute approximate surface area is 127 Å². The van der Waals surface area contributed by atoms with Gasteiger partial charge in [-0.3, -0.25) is 9.69 Å². The van der Waals surface area contributed by atoms with Crippen LogP contribution in [0.15, 0.2) is 24.3 Å². The second-order valence-corrected chi connectivity index (χ2v) is 6.51.